The van der Waals surface area contributed by atoms with Gasteiger partial charge in [0.25, 0.3) is 0 Å². The van der Waals surface area contributed by atoms with Crippen LogP contribution in [0.25, 0.3) is 17.0 Å². The molecule has 3 aromatic rings. The molecule has 0 unspecified atom stereocenters. The molecule has 0 amide bonds. The Kier molecular flexibility index (Phi) is 3.67. The second kappa shape index (κ2) is 5.45. The largest absolute Gasteiger partial charge is 0.478 e. The molecule has 0 spiro atoms. The van der Waals surface area contributed by atoms with Crippen molar-refractivity contribution in [2.75, 3.05) is 0 Å². The predicted octanol–water partition coefficient (Wildman–Crippen LogP) is 1.94. The van der Waals surface area contributed by atoms with Crippen molar-refractivity contribution in [3.63, 3.8) is 0 Å². The van der Waals surface area contributed by atoms with Crippen LogP contribution in [0.3, 0.4) is 0 Å². The monoisotopic (exact) mass is 348 g/mol. The van der Waals surface area contributed by atoms with Gasteiger partial charge in [-0.25, -0.2) is 22.9 Å². The number of imidazole rings is 1. The first-order valence-corrected chi connectivity index (χ1v) is 8.77. The molecule has 0 aliphatic carbocycles. The van der Waals surface area contributed by atoms with E-state index in [1.165, 1.54) is 17.1 Å². The number of nitrogens with one attached hydrogen (secondary N) is 1. The molecule has 8 nitrogen and oxygen atoms in total. The molecule has 0 atom stereocenters. The van der Waals surface area contributed by atoms with E-state index < -0.39 is 21.1 Å². The van der Waals surface area contributed by atoms with E-state index in [0.717, 1.165) is 0 Å². The number of fused-ring (bicyclic) bond motifs is 1. The molecule has 2 N–H and O–H groups in total. The Balaban J connectivity index is 2.13. The van der Waals surface area contributed by atoms with Crippen LogP contribution < -0.4 is 0 Å². The molecule has 3 rings (SSSR count). The molecule has 0 saturated heterocycles. The van der Waals surface area contributed by atoms with E-state index in [-0.39, 0.29) is 10.5 Å². The molecule has 2 aromatic heterocycles. The zero-order chi connectivity index (χ0) is 17.6. The number of rotatable bonds is 4. The van der Waals surface area contributed by atoms with Crippen molar-refractivity contribution in [2.45, 2.75) is 30.9 Å². The molecule has 24 heavy (non-hydrogen) atoms. The first-order valence-electron chi connectivity index (χ1n) is 7.22. The summed E-state index contributed by atoms with van der Waals surface area (Å²) in [5, 5.41) is 12.4. The van der Waals surface area contributed by atoms with Gasteiger partial charge in [-0.2, -0.15) is 5.10 Å². The number of aryl methyl sites for hydroxylation is 1. The van der Waals surface area contributed by atoms with Gasteiger partial charge in [-0.1, -0.05) is 0 Å². The Morgan fingerprint density at radius 1 is 1.33 bits per heavy atom. The average molecular weight is 348 g/mol. The van der Waals surface area contributed by atoms with Crippen molar-refractivity contribution >= 4 is 26.8 Å². The van der Waals surface area contributed by atoms with E-state index >= 15 is 0 Å². The molecule has 0 radical (unpaired) electrons. The Morgan fingerprint density at radius 3 is 2.62 bits per heavy atom. The summed E-state index contributed by atoms with van der Waals surface area (Å²) in [5.74, 6) is -0.769. The smallest absolute Gasteiger partial charge is 0.338 e. The number of aromatic nitrogens is 4. The Bertz CT molecular complexity index is 1050. The number of nitrogens with zero attached hydrogens (tertiary/aromatic N) is 3. The normalized spacial score (nSPS) is 12.2. The van der Waals surface area contributed by atoms with Crippen LogP contribution in [0.1, 0.15) is 29.8 Å². The molecular formula is C15H16N4O4S. The molecule has 0 aliphatic rings. The van der Waals surface area contributed by atoms with Crippen molar-refractivity contribution in [3.05, 3.63) is 35.7 Å². The zero-order valence-electron chi connectivity index (χ0n) is 13.3. The lowest BCUT2D eigenvalue weighted by atomic mass is 10.2. The maximum absolute atomic E-state index is 12.4. The maximum Gasteiger partial charge on any atom is 0.338 e. The van der Waals surface area contributed by atoms with E-state index in [4.69, 9.17) is 5.11 Å². The number of hydrogen-bond acceptors (Lipinski definition) is 5. The molecule has 1 aromatic carbocycles. The second-order valence-electron chi connectivity index (χ2n) is 5.77. The zero-order valence-corrected chi connectivity index (χ0v) is 14.1. The second-order valence-corrected chi connectivity index (χ2v) is 8.24. The van der Waals surface area contributed by atoms with Gasteiger partial charge in [-0.05, 0) is 38.5 Å². The van der Waals surface area contributed by atoms with Gasteiger partial charge >= 0.3 is 5.97 Å². The number of sulfone groups is 1. The number of H-pyrrole nitrogens is 1. The van der Waals surface area contributed by atoms with E-state index in [0.29, 0.717) is 22.5 Å². The van der Waals surface area contributed by atoms with Crippen molar-refractivity contribution in [3.8, 4) is 5.95 Å². The number of carbonyl (C=O) groups is 1. The summed E-state index contributed by atoms with van der Waals surface area (Å²) < 4.78 is 26.2. The van der Waals surface area contributed by atoms with E-state index in [2.05, 4.69) is 15.1 Å². The standard InChI is InChI=1S/C15H16N4O4S/c1-8(2)24(22,23)13-5-12-11(4-9(13)3)17-15(18-12)19-7-10(6-16-19)14(20)21/h4-8H,1-3H3,(H,17,18)(H,20,21). The third-order valence-electron chi connectivity index (χ3n) is 3.74. The van der Waals surface area contributed by atoms with Crippen molar-refractivity contribution in [2.24, 2.45) is 0 Å². The number of carboxylic acids is 1. The summed E-state index contributed by atoms with van der Waals surface area (Å²) in [6.45, 7) is 4.99. The molecular weight excluding hydrogens is 332 g/mol. The lowest BCUT2D eigenvalue weighted by Crippen LogP contribution is -2.15. The van der Waals surface area contributed by atoms with Gasteiger partial charge in [0.05, 0.1) is 32.9 Å². The Labute approximate surface area is 138 Å². The van der Waals surface area contributed by atoms with Crippen LogP contribution >= 0.6 is 0 Å². The molecule has 0 saturated carbocycles. The fourth-order valence-corrected chi connectivity index (χ4v) is 3.64. The number of benzene rings is 1. The topological polar surface area (TPSA) is 118 Å². The van der Waals surface area contributed by atoms with Gasteiger partial charge < -0.3 is 10.1 Å². The lowest BCUT2D eigenvalue weighted by molar-refractivity contribution is 0.0697. The van der Waals surface area contributed by atoms with Crippen LogP contribution in [-0.2, 0) is 9.84 Å². The highest BCUT2D eigenvalue weighted by Crippen LogP contribution is 2.25. The van der Waals surface area contributed by atoms with E-state index in [9.17, 15) is 13.2 Å². The minimum Gasteiger partial charge on any atom is -0.478 e. The summed E-state index contributed by atoms with van der Waals surface area (Å²) in [5.41, 5.74) is 1.77. The van der Waals surface area contributed by atoms with Gasteiger partial charge in [0.15, 0.2) is 9.84 Å². The fraction of sp³-hybridized carbons (Fsp3) is 0.267. The summed E-state index contributed by atoms with van der Waals surface area (Å²) in [6, 6.07) is 3.24. The molecule has 126 valence electrons. The number of hydrogen-bond donors (Lipinski definition) is 2. The number of aromatic carboxylic acids is 1. The van der Waals surface area contributed by atoms with Crippen molar-refractivity contribution in [1.82, 2.24) is 19.7 Å². The third-order valence-corrected chi connectivity index (χ3v) is 6.03. The summed E-state index contributed by atoms with van der Waals surface area (Å²) in [6.07, 6.45) is 2.55. The highest BCUT2D eigenvalue weighted by atomic mass is 32.2. The van der Waals surface area contributed by atoms with Gasteiger partial charge in [-0.15, -0.1) is 0 Å². The predicted molar refractivity (Wildman–Crippen MR) is 87.2 cm³/mol. The Hall–Kier alpha value is -2.68. The van der Waals surface area contributed by atoms with Gasteiger partial charge in [0, 0.05) is 6.20 Å². The summed E-state index contributed by atoms with van der Waals surface area (Å²) in [4.78, 5) is 18.5. The minimum absolute atomic E-state index is 0.0368. The molecule has 9 heteroatoms. The lowest BCUT2D eigenvalue weighted by Gasteiger charge is -2.10. The Morgan fingerprint density at radius 2 is 2.04 bits per heavy atom. The van der Waals surface area contributed by atoms with Crippen molar-refractivity contribution < 1.29 is 18.3 Å². The van der Waals surface area contributed by atoms with E-state index in [1.54, 1.807) is 32.9 Å². The first-order chi connectivity index (χ1) is 11.2. The third kappa shape index (κ3) is 2.56. The first kappa shape index (κ1) is 16.2. The van der Waals surface area contributed by atoms with Crippen LogP contribution in [0, 0.1) is 6.92 Å². The minimum atomic E-state index is -3.41. The number of aromatic amines is 1. The quantitative estimate of drug-likeness (QED) is 0.744. The molecule has 0 fully saturated rings. The highest BCUT2D eigenvalue weighted by molar-refractivity contribution is 7.92. The highest BCUT2D eigenvalue weighted by Gasteiger charge is 2.22. The summed E-state index contributed by atoms with van der Waals surface area (Å²) in [7, 11) is -3.41. The molecule has 0 bridgehead atoms. The molecule has 2 heterocycles. The van der Waals surface area contributed by atoms with Gasteiger partial charge in [-0.3, -0.25) is 0 Å². The van der Waals surface area contributed by atoms with Crippen LogP contribution in [-0.4, -0.2) is 44.5 Å². The number of carboxylic acid groups (broad SMARTS) is 1. The van der Waals surface area contributed by atoms with Crippen LogP contribution in [0.2, 0.25) is 0 Å². The molecule has 0 aliphatic heterocycles. The van der Waals surface area contributed by atoms with E-state index in [1.807, 2.05) is 0 Å². The van der Waals surface area contributed by atoms with Crippen LogP contribution in [0.5, 0.6) is 0 Å². The average Bonchev–Trinajstić information content (AvgIpc) is 3.11. The maximum atomic E-state index is 12.4. The van der Waals surface area contributed by atoms with Gasteiger partial charge in [0.2, 0.25) is 5.95 Å². The fourth-order valence-electron chi connectivity index (χ4n) is 2.35. The van der Waals surface area contributed by atoms with Crippen molar-refractivity contribution in [1.29, 1.82) is 0 Å². The van der Waals surface area contributed by atoms with Crippen LogP contribution in [0.4, 0.5) is 0 Å². The summed E-state index contributed by atoms with van der Waals surface area (Å²) >= 11 is 0. The SMILES string of the molecule is Cc1cc2nc(-n3cc(C(=O)O)cn3)[nH]c2cc1S(=O)(=O)C(C)C. The van der Waals surface area contributed by atoms with Gasteiger partial charge in [0.1, 0.15) is 0 Å². The van der Waals surface area contributed by atoms with Crippen LogP contribution in [0.15, 0.2) is 29.4 Å².